The van der Waals surface area contributed by atoms with Gasteiger partial charge >= 0.3 is 5.69 Å². The summed E-state index contributed by atoms with van der Waals surface area (Å²) in [6.07, 6.45) is 3.55. The van der Waals surface area contributed by atoms with E-state index in [1.807, 2.05) is 0 Å². The van der Waals surface area contributed by atoms with Gasteiger partial charge in [0, 0.05) is 26.2 Å². The Morgan fingerprint density at radius 3 is 2.48 bits per heavy atom. The van der Waals surface area contributed by atoms with Gasteiger partial charge in [-0.15, -0.1) is 0 Å². The highest BCUT2D eigenvalue weighted by molar-refractivity contribution is 7.91. The summed E-state index contributed by atoms with van der Waals surface area (Å²) < 4.78 is 27.3. The van der Waals surface area contributed by atoms with Crippen molar-refractivity contribution in [3.8, 4) is 0 Å². The zero-order chi connectivity index (χ0) is 19.5. The van der Waals surface area contributed by atoms with Gasteiger partial charge in [-0.3, -0.25) is 18.7 Å². The number of carbonyl (C=O) groups is 1. The fourth-order valence-corrected chi connectivity index (χ4v) is 5.51. The van der Waals surface area contributed by atoms with Crippen LogP contribution in [-0.2, 0) is 35.3 Å². The maximum atomic E-state index is 13.0. The van der Waals surface area contributed by atoms with Gasteiger partial charge in [-0.05, 0) is 19.3 Å². The fraction of sp³-hybridized carbons (Fsp3) is 0.625. The molecule has 1 amide bonds. The van der Waals surface area contributed by atoms with Crippen LogP contribution in [0.25, 0.3) is 11.2 Å². The van der Waals surface area contributed by atoms with Crippen molar-refractivity contribution in [2.75, 3.05) is 11.5 Å². The second-order valence-electron chi connectivity index (χ2n) is 7.34. The van der Waals surface area contributed by atoms with Crippen molar-refractivity contribution < 1.29 is 13.2 Å². The van der Waals surface area contributed by atoms with Crippen molar-refractivity contribution in [3.05, 3.63) is 27.2 Å². The minimum absolute atomic E-state index is 0.00379. The first-order chi connectivity index (χ1) is 12.7. The predicted octanol–water partition coefficient (Wildman–Crippen LogP) is -1.39. The number of fused-ring (bicyclic) bond motifs is 1. The average Bonchev–Trinajstić information content (AvgIpc) is 3.25. The Labute approximate surface area is 154 Å². The summed E-state index contributed by atoms with van der Waals surface area (Å²) in [5.41, 5.74) is -0.597. The van der Waals surface area contributed by atoms with Crippen molar-refractivity contribution in [2.24, 2.45) is 14.1 Å². The van der Waals surface area contributed by atoms with Crippen LogP contribution in [0.4, 0.5) is 0 Å². The lowest BCUT2D eigenvalue weighted by Gasteiger charge is -2.28. The second kappa shape index (κ2) is 6.04. The van der Waals surface area contributed by atoms with E-state index in [0.717, 1.165) is 17.4 Å². The molecule has 0 bridgehead atoms. The Bertz CT molecular complexity index is 1150. The lowest BCUT2D eigenvalue weighted by atomic mass is 10.2. The molecular weight excluding hydrogens is 374 g/mol. The largest absolute Gasteiger partial charge is 0.334 e. The maximum absolute atomic E-state index is 13.0. The van der Waals surface area contributed by atoms with E-state index in [9.17, 15) is 22.8 Å². The Morgan fingerprint density at radius 1 is 1.19 bits per heavy atom. The molecule has 0 radical (unpaired) electrons. The third-order valence-electron chi connectivity index (χ3n) is 5.35. The molecule has 2 aromatic heterocycles. The molecule has 1 saturated heterocycles. The van der Waals surface area contributed by atoms with E-state index in [2.05, 4.69) is 4.98 Å². The number of nitrogens with zero attached hydrogens (tertiary/aromatic N) is 5. The number of aromatic nitrogens is 4. The van der Waals surface area contributed by atoms with E-state index in [1.54, 1.807) is 4.90 Å². The molecule has 2 fully saturated rings. The summed E-state index contributed by atoms with van der Waals surface area (Å²) in [4.78, 5) is 43.3. The third-order valence-corrected chi connectivity index (χ3v) is 7.10. The molecule has 4 rings (SSSR count). The van der Waals surface area contributed by atoms with Crippen LogP contribution in [0.5, 0.6) is 0 Å². The molecule has 1 atom stereocenters. The fourth-order valence-electron chi connectivity index (χ4n) is 3.80. The van der Waals surface area contributed by atoms with Crippen molar-refractivity contribution in [1.29, 1.82) is 0 Å². The molecule has 27 heavy (non-hydrogen) atoms. The van der Waals surface area contributed by atoms with Crippen LogP contribution >= 0.6 is 0 Å². The molecule has 0 N–H and O–H groups in total. The molecule has 11 heteroatoms. The van der Waals surface area contributed by atoms with Gasteiger partial charge in [0.1, 0.15) is 6.54 Å². The number of aryl methyl sites for hydroxylation is 1. The normalized spacial score (nSPS) is 21.6. The van der Waals surface area contributed by atoms with Crippen molar-refractivity contribution in [3.63, 3.8) is 0 Å². The Balaban J connectivity index is 1.68. The summed E-state index contributed by atoms with van der Waals surface area (Å²) in [6.45, 7) is -0.114. The highest BCUT2D eigenvalue weighted by atomic mass is 32.2. The minimum Gasteiger partial charge on any atom is -0.334 e. The zero-order valence-corrected chi connectivity index (χ0v) is 16.0. The standard InChI is InChI=1S/C16H21N5O5S/c1-18-14-13(15(23)19(2)16(18)24)20(9-17-14)7-12(22)21(10-3-4-10)11-5-6-27(25,26)8-11/h9-11H,3-8H2,1-2H3/t11-/m1/s1. The zero-order valence-electron chi connectivity index (χ0n) is 15.2. The van der Waals surface area contributed by atoms with E-state index < -0.39 is 21.1 Å². The van der Waals surface area contributed by atoms with Crippen LogP contribution < -0.4 is 11.2 Å². The number of sulfone groups is 1. The number of imidazole rings is 1. The smallest absolute Gasteiger partial charge is 0.332 e. The van der Waals surface area contributed by atoms with E-state index in [0.29, 0.717) is 6.42 Å². The molecule has 2 aromatic rings. The third kappa shape index (κ3) is 2.99. The van der Waals surface area contributed by atoms with Crippen molar-refractivity contribution >= 4 is 26.9 Å². The van der Waals surface area contributed by atoms with Crippen molar-refractivity contribution in [2.45, 2.75) is 37.9 Å². The molecule has 1 saturated carbocycles. The van der Waals surface area contributed by atoms with Gasteiger partial charge in [-0.2, -0.15) is 0 Å². The molecule has 0 aromatic carbocycles. The van der Waals surface area contributed by atoms with Crippen molar-refractivity contribution in [1.82, 2.24) is 23.6 Å². The van der Waals surface area contributed by atoms with Crippen LogP contribution in [0.1, 0.15) is 19.3 Å². The van der Waals surface area contributed by atoms with Gasteiger partial charge in [-0.25, -0.2) is 18.2 Å². The van der Waals surface area contributed by atoms with Gasteiger partial charge in [0.05, 0.1) is 17.8 Å². The molecule has 1 aliphatic heterocycles. The first-order valence-corrected chi connectivity index (χ1v) is 10.6. The summed E-state index contributed by atoms with van der Waals surface area (Å²) in [6, 6.07) is -0.241. The number of carbonyl (C=O) groups excluding carboxylic acids is 1. The lowest BCUT2D eigenvalue weighted by Crippen LogP contribution is -2.44. The summed E-state index contributed by atoms with van der Waals surface area (Å²) >= 11 is 0. The highest BCUT2D eigenvalue weighted by Crippen LogP contribution is 2.32. The Morgan fingerprint density at radius 2 is 1.89 bits per heavy atom. The van der Waals surface area contributed by atoms with E-state index >= 15 is 0 Å². The summed E-state index contributed by atoms with van der Waals surface area (Å²) in [7, 11) is -0.208. The first-order valence-electron chi connectivity index (χ1n) is 8.82. The summed E-state index contributed by atoms with van der Waals surface area (Å²) in [5.74, 6) is -0.129. The van der Waals surface area contributed by atoms with Gasteiger partial charge in [-0.1, -0.05) is 0 Å². The molecule has 2 aliphatic rings. The lowest BCUT2D eigenvalue weighted by molar-refractivity contribution is -0.134. The number of hydrogen-bond acceptors (Lipinski definition) is 6. The van der Waals surface area contributed by atoms with Crippen LogP contribution in [0.3, 0.4) is 0 Å². The molecular formula is C16H21N5O5S. The molecule has 1 aliphatic carbocycles. The number of rotatable bonds is 4. The van der Waals surface area contributed by atoms with Crippen LogP contribution in [0, 0.1) is 0 Å². The molecule has 0 unspecified atom stereocenters. The average molecular weight is 395 g/mol. The molecule has 146 valence electrons. The monoisotopic (exact) mass is 395 g/mol. The minimum atomic E-state index is -3.10. The Kier molecular flexibility index (Phi) is 4.02. The van der Waals surface area contributed by atoms with Gasteiger partial charge in [0.25, 0.3) is 5.56 Å². The molecule has 0 spiro atoms. The number of hydrogen-bond donors (Lipinski definition) is 0. The molecule has 10 nitrogen and oxygen atoms in total. The van der Waals surface area contributed by atoms with E-state index in [-0.39, 0.29) is 47.2 Å². The van der Waals surface area contributed by atoms with Gasteiger partial charge < -0.3 is 9.47 Å². The predicted molar refractivity (Wildman–Crippen MR) is 97.1 cm³/mol. The quantitative estimate of drug-likeness (QED) is 0.629. The van der Waals surface area contributed by atoms with E-state index in [1.165, 1.54) is 29.6 Å². The van der Waals surface area contributed by atoms with Crippen LogP contribution in [-0.4, -0.2) is 61.5 Å². The second-order valence-corrected chi connectivity index (χ2v) is 9.57. The first kappa shape index (κ1) is 18.0. The SMILES string of the molecule is Cn1c(=O)c2c(ncn2CC(=O)N(C2CC2)[C@@H]2CCS(=O)(=O)C2)n(C)c1=O. The number of amides is 1. The van der Waals surface area contributed by atoms with Gasteiger partial charge in [0.15, 0.2) is 21.0 Å². The molecule has 3 heterocycles. The topological polar surface area (TPSA) is 116 Å². The maximum Gasteiger partial charge on any atom is 0.332 e. The van der Waals surface area contributed by atoms with Gasteiger partial charge in [0.2, 0.25) is 5.91 Å². The summed E-state index contributed by atoms with van der Waals surface area (Å²) in [5, 5.41) is 0. The highest BCUT2D eigenvalue weighted by Gasteiger charge is 2.42. The van der Waals surface area contributed by atoms with Crippen LogP contribution in [0.2, 0.25) is 0 Å². The Hall–Kier alpha value is -2.43. The van der Waals surface area contributed by atoms with Crippen LogP contribution in [0.15, 0.2) is 15.9 Å². The van der Waals surface area contributed by atoms with E-state index in [4.69, 9.17) is 0 Å².